The van der Waals surface area contributed by atoms with E-state index in [2.05, 4.69) is 10.6 Å². The Labute approximate surface area is 158 Å². The van der Waals surface area contributed by atoms with Crippen LogP contribution in [0, 0.1) is 5.82 Å². The summed E-state index contributed by atoms with van der Waals surface area (Å²) in [6, 6.07) is 13.1. The van der Waals surface area contributed by atoms with Gasteiger partial charge in [-0.15, -0.1) is 0 Å². The van der Waals surface area contributed by atoms with E-state index in [0.29, 0.717) is 18.7 Å². The van der Waals surface area contributed by atoms with E-state index in [1.165, 1.54) is 16.4 Å². The SMILES string of the molecule is O=C(NCC1CCCCN1S(=O)(=O)c1ccc(F)cc1)Nc1ccccc1. The first kappa shape index (κ1) is 19.3. The minimum atomic E-state index is -3.74. The van der Waals surface area contributed by atoms with E-state index < -0.39 is 15.8 Å². The number of nitrogens with zero attached hydrogens (tertiary/aromatic N) is 1. The molecule has 2 aromatic carbocycles. The second-order valence-corrected chi connectivity index (χ2v) is 8.31. The van der Waals surface area contributed by atoms with Crippen LogP contribution in [0.25, 0.3) is 0 Å². The lowest BCUT2D eigenvalue weighted by atomic mass is 10.1. The van der Waals surface area contributed by atoms with E-state index in [1.54, 1.807) is 12.1 Å². The third-order valence-electron chi connectivity index (χ3n) is 4.52. The van der Waals surface area contributed by atoms with Gasteiger partial charge in [0.15, 0.2) is 0 Å². The number of hydrogen-bond donors (Lipinski definition) is 2. The predicted molar refractivity (Wildman–Crippen MR) is 101 cm³/mol. The Hall–Kier alpha value is -2.45. The van der Waals surface area contributed by atoms with Crippen molar-refractivity contribution in [1.29, 1.82) is 0 Å². The average Bonchev–Trinajstić information content (AvgIpc) is 2.68. The van der Waals surface area contributed by atoms with Crippen LogP contribution >= 0.6 is 0 Å². The molecule has 0 radical (unpaired) electrons. The Morgan fingerprint density at radius 1 is 1.07 bits per heavy atom. The highest BCUT2D eigenvalue weighted by atomic mass is 32.2. The number of nitrogens with one attached hydrogen (secondary N) is 2. The molecule has 2 amide bonds. The number of piperidine rings is 1. The maximum Gasteiger partial charge on any atom is 0.319 e. The molecule has 0 bridgehead atoms. The number of anilines is 1. The van der Waals surface area contributed by atoms with Gasteiger partial charge in [0.2, 0.25) is 10.0 Å². The minimum Gasteiger partial charge on any atom is -0.336 e. The quantitative estimate of drug-likeness (QED) is 0.822. The van der Waals surface area contributed by atoms with E-state index in [0.717, 1.165) is 25.0 Å². The molecule has 0 aliphatic carbocycles. The summed E-state index contributed by atoms with van der Waals surface area (Å²) in [5.41, 5.74) is 0.662. The minimum absolute atomic E-state index is 0.0598. The van der Waals surface area contributed by atoms with Crippen molar-refractivity contribution in [3.05, 3.63) is 60.4 Å². The van der Waals surface area contributed by atoms with Crippen molar-refractivity contribution in [2.24, 2.45) is 0 Å². The van der Waals surface area contributed by atoms with Gasteiger partial charge in [-0.25, -0.2) is 17.6 Å². The lowest BCUT2D eigenvalue weighted by molar-refractivity contribution is 0.231. The zero-order valence-corrected chi connectivity index (χ0v) is 15.6. The lowest BCUT2D eigenvalue weighted by Gasteiger charge is -2.34. The number of sulfonamides is 1. The van der Waals surface area contributed by atoms with Crippen LogP contribution in [0.1, 0.15) is 19.3 Å². The molecule has 1 heterocycles. The van der Waals surface area contributed by atoms with Crippen LogP contribution in [0.15, 0.2) is 59.5 Å². The van der Waals surface area contributed by atoms with Gasteiger partial charge in [-0.3, -0.25) is 0 Å². The van der Waals surface area contributed by atoms with Crippen molar-refractivity contribution in [2.75, 3.05) is 18.4 Å². The molecule has 1 aliphatic rings. The Bertz CT molecular complexity index is 873. The van der Waals surface area contributed by atoms with Gasteiger partial charge in [0.1, 0.15) is 5.82 Å². The van der Waals surface area contributed by atoms with Gasteiger partial charge in [0, 0.05) is 24.8 Å². The molecule has 2 aromatic rings. The highest BCUT2D eigenvalue weighted by molar-refractivity contribution is 7.89. The summed E-state index contributed by atoms with van der Waals surface area (Å²) in [6.07, 6.45) is 2.31. The summed E-state index contributed by atoms with van der Waals surface area (Å²) in [5.74, 6) is -0.483. The molecule has 0 saturated carbocycles. The standard InChI is InChI=1S/C19H22FN3O3S/c20-15-9-11-18(12-10-15)27(25,26)23-13-5-4-8-17(23)14-21-19(24)22-16-6-2-1-3-7-16/h1-3,6-7,9-12,17H,4-5,8,13-14H2,(H2,21,22,24). The van der Waals surface area contributed by atoms with E-state index >= 15 is 0 Å². The van der Waals surface area contributed by atoms with Crippen molar-refractivity contribution in [1.82, 2.24) is 9.62 Å². The van der Waals surface area contributed by atoms with Crippen molar-refractivity contribution in [2.45, 2.75) is 30.2 Å². The van der Waals surface area contributed by atoms with Crippen molar-refractivity contribution in [3.63, 3.8) is 0 Å². The fourth-order valence-electron chi connectivity index (χ4n) is 3.14. The van der Waals surface area contributed by atoms with Crippen LogP contribution in [0.3, 0.4) is 0 Å². The molecular formula is C19H22FN3O3S. The monoisotopic (exact) mass is 391 g/mol. The highest BCUT2D eigenvalue weighted by Crippen LogP contribution is 2.25. The van der Waals surface area contributed by atoms with E-state index in [-0.39, 0.29) is 23.5 Å². The fourth-order valence-corrected chi connectivity index (χ4v) is 4.84. The maximum atomic E-state index is 13.1. The third-order valence-corrected chi connectivity index (χ3v) is 6.49. The van der Waals surface area contributed by atoms with E-state index in [1.807, 2.05) is 18.2 Å². The van der Waals surface area contributed by atoms with Crippen LogP contribution in [0.5, 0.6) is 0 Å². The first-order chi connectivity index (χ1) is 13.0. The second-order valence-electron chi connectivity index (χ2n) is 6.42. The van der Waals surface area contributed by atoms with Crippen molar-refractivity contribution in [3.8, 4) is 0 Å². The largest absolute Gasteiger partial charge is 0.336 e. The molecule has 1 fully saturated rings. The molecule has 1 unspecified atom stereocenters. The molecule has 0 aromatic heterocycles. The first-order valence-corrected chi connectivity index (χ1v) is 10.3. The molecular weight excluding hydrogens is 369 g/mol. The van der Waals surface area contributed by atoms with E-state index in [9.17, 15) is 17.6 Å². The predicted octanol–water partition coefficient (Wildman–Crippen LogP) is 3.19. The summed E-state index contributed by atoms with van der Waals surface area (Å²) in [6.45, 7) is 0.589. The van der Waals surface area contributed by atoms with Crippen molar-refractivity contribution < 1.29 is 17.6 Å². The number of amides is 2. The number of carbonyl (C=O) groups excluding carboxylic acids is 1. The van der Waals surface area contributed by atoms with Gasteiger partial charge in [-0.1, -0.05) is 24.6 Å². The number of para-hydroxylation sites is 1. The number of hydrogen-bond acceptors (Lipinski definition) is 3. The Balaban J connectivity index is 1.66. The van der Waals surface area contributed by atoms with Gasteiger partial charge in [0.05, 0.1) is 4.90 Å². The zero-order valence-electron chi connectivity index (χ0n) is 14.8. The fraction of sp³-hybridized carbons (Fsp3) is 0.316. The Kier molecular flexibility index (Phi) is 6.08. The van der Waals surface area contributed by atoms with Crippen LogP contribution in [0.4, 0.5) is 14.9 Å². The molecule has 1 aliphatic heterocycles. The summed E-state index contributed by atoms with van der Waals surface area (Å²) in [4.78, 5) is 12.1. The zero-order chi connectivity index (χ0) is 19.3. The summed E-state index contributed by atoms with van der Waals surface area (Å²) in [5, 5.41) is 5.46. The normalized spacial score (nSPS) is 18.0. The number of halogens is 1. The van der Waals surface area contributed by atoms with Gasteiger partial charge in [-0.05, 0) is 49.2 Å². The smallest absolute Gasteiger partial charge is 0.319 e. The Morgan fingerprint density at radius 3 is 2.48 bits per heavy atom. The van der Waals surface area contributed by atoms with Crippen LogP contribution in [-0.4, -0.2) is 37.9 Å². The molecule has 27 heavy (non-hydrogen) atoms. The third kappa shape index (κ3) is 4.84. The molecule has 2 N–H and O–H groups in total. The first-order valence-electron chi connectivity index (χ1n) is 8.84. The molecule has 144 valence electrons. The Morgan fingerprint density at radius 2 is 1.78 bits per heavy atom. The second kappa shape index (κ2) is 8.49. The molecule has 0 spiro atoms. The molecule has 1 atom stereocenters. The van der Waals surface area contributed by atoms with Gasteiger partial charge < -0.3 is 10.6 Å². The topological polar surface area (TPSA) is 78.5 Å². The number of rotatable bonds is 5. The summed E-state index contributed by atoms with van der Waals surface area (Å²) >= 11 is 0. The van der Waals surface area contributed by atoms with Crippen molar-refractivity contribution >= 4 is 21.7 Å². The number of urea groups is 1. The number of carbonyl (C=O) groups is 1. The molecule has 1 saturated heterocycles. The summed E-state index contributed by atoms with van der Waals surface area (Å²) < 4.78 is 40.4. The van der Waals surface area contributed by atoms with Gasteiger partial charge in [0.25, 0.3) is 0 Å². The average molecular weight is 391 g/mol. The maximum absolute atomic E-state index is 13.1. The molecule has 8 heteroatoms. The lowest BCUT2D eigenvalue weighted by Crippen LogP contribution is -2.49. The molecule has 3 rings (SSSR count). The van der Waals surface area contributed by atoms with Gasteiger partial charge >= 0.3 is 6.03 Å². The number of benzene rings is 2. The summed E-state index contributed by atoms with van der Waals surface area (Å²) in [7, 11) is -3.74. The molecule has 6 nitrogen and oxygen atoms in total. The van der Waals surface area contributed by atoms with Crippen LogP contribution in [-0.2, 0) is 10.0 Å². The van der Waals surface area contributed by atoms with Crippen LogP contribution < -0.4 is 10.6 Å². The highest BCUT2D eigenvalue weighted by Gasteiger charge is 2.33. The van der Waals surface area contributed by atoms with E-state index in [4.69, 9.17) is 0 Å². The van der Waals surface area contributed by atoms with Crippen LogP contribution in [0.2, 0.25) is 0 Å². The van der Waals surface area contributed by atoms with Gasteiger partial charge in [-0.2, -0.15) is 4.31 Å².